The summed E-state index contributed by atoms with van der Waals surface area (Å²) >= 11 is 0. The molecule has 0 aliphatic rings. The number of aryl methyl sites for hydroxylation is 1. The van der Waals surface area contributed by atoms with Crippen molar-refractivity contribution in [3.63, 3.8) is 0 Å². The fourth-order valence-corrected chi connectivity index (χ4v) is 1.70. The summed E-state index contributed by atoms with van der Waals surface area (Å²) in [5.41, 5.74) is 7.78. The fourth-order valence-electron chi connectivity index (χ4n) is 1.70. The molecule has 0 amide bonds. The van der Waals surface area contributed by atoms with Gasteiger partial charge in [-0.15, -0.1) is 0 Å². The number of rotatable bonds is 3. The number of halogens is 1. The summed E-state index contributed by atoms with van der Waals surface area (Å²) in [5, 5.41) is 0. The zero-order valence-electron chi connectivity index (χ0n) is 9.65. The molecule has 0 radical (unpaired) electrons. The van der Waals surface area contributed by atoms with Gasteiger partial charge in [0, 0.05) is 18.7 Å². The third kappa shape index (κ3) is 2.85. The van der Waals surface area contributed by atoms with E-state index in [9.17, 15) is 4.39 Å². The lowest BCUT2D eigenvalue weighted by Crippen LogP contribution is -2.06. The van der Waals surface area contributed by atoms with Gasteiger partial charge < -0.3 is 5.73 Å². The Hall–Kier alpha value is -1.81. The number of hydrogen-bond donors (Lipinski definition) is 1. The molecule has 0 atom stereocenters. The van der Waals surface area contributed by atoms with Gasteiger partial charge in [-0.2, -0.15) is 0 Å². The summed E-state index contributed by atoms with van der Waals surface area (Å²) in [6.45, 7) is 2.25. The van der Waals surface area contributed by atoms with Gasteiger partial charge in [0.2, 0.25) is 0 Å². The lowest BCUT2D eigenvalue weighted by atomic mass is 10.1. The number of hydrogen-bond acceptors (Lipinski definition) is 3. The van der Waals surface area contributed by atoms with Crippen LogP contribution >= 0.6 is 0 Å². The van der Waals surface area contributed by atoms with Crippen molar-refractivity contribution in [2.45, 2.75) is 19.9 Å². The summed E-state index contributed by atoms with van der Waals surface area (Å²) in [6.07, 6.45) is 0.390. The second-order valence-electron chi connectivity index (χ2n) is 3.89. The molecule has 1 heterocycles. The van der Waals surface area contributed by atoms with Crippen molar-refractivity contribution in [1.29, 1.82) is 0 Å². The van der Waals surface area contributed by atoms with E-state index >= 15 is 0 Å². The molecule has 1 aromatic heterocycles. The van der Waals surface area contributed by atoms with Gasteiger partial charge in [0.25, 0.3) is 0 Å². The third-order valence-corrected chi connectivity index (χ3v) is 2.47. The van der Waals surface area contributed by atoms with E-state index in [1.165, 1.54) is 6.07 Å². The maximum atomic E-state index is 13.5. The van der Waals surface area contributed by atoms with Crippen molar-refractivity contribution >= 4 is 0 Å². The third-order valence-electron chi connectivity index (χ3n) is 2.47. The zero-order chi connectivity index (χ0) is 12.3. The molecule has 2 N–H and O–H groups in total. The lowest BCUT2D eigenvalue weighted by Gasteiger charge is -2.05. The molecule has 0 bridgehead atoms. The first-order valence-electron chi connectivity index (χ1n) is 5.46. The number of aromatic nitrogens is 2. The molecule has 0 saturated heterocycles. The second kappa shape index (κ2) is 5.01. The van der Waals surface area contributed by atoms with Gasteiger partial charge in [-0.05, 0) is 24.6 Å². The molecule has 1 aromatic carbocycles. The first-order chi connectivity index (χ1) is 8.19. The minimum Gasteiger partial charge on any atom is -0.325 e. The molecule has 17 heavy (non-hydrogen) atoms. The lowest BCUT2D eigenvalue weighted by molar-refractivity contribution is 0.611. The van der Waals surface area contributed by atoms with Crippen molar-refractivity contribution < 1.29 is 4.39 Å². The summed E-state index contributed by atoms with van der Waals surface area (Å²) < 4.78 is 13.5. The molecule has 4 heteroatoms. The first-order valence-corrected chi connectivity index (χ1v) is 5.46. The Morgan fingerprint density at radius 2 is 2.00 bits per heavy atom. The summed E-state index contributed by atoms with van der Waals surface area (Å²) in [7, 11) is 0. The van der Waals surface area contributed by atoms with E-state index in [-0.39, 0.29) is 5.82 Å². The summed E-state index contributed by atoms with van der Waals surface area (Å²) in [6, 6.07) is 8.49. The van der Waals surface area contributed by atoms with E-state index in [1.807, 2.05) is 13.0 Å². The van der Waals surface area contributed by atoms with Crippen molar-refractivity contribution in [3.8, 4) is 0 Å². The normalized spacial score (nSPS) is 10.5. The van der Waals surface area contributed by atoms with E-state index in [1.54, 1.807) is 18.2 Å². The van der Waals surface area contributed by atoms with Crippen LogP contribution in [0.1, 0.15) is 22.8 Å². The minimum absolute atomic E-state index is 0.230. The highest BCUT2D eigenvalue weighted by Gasteiger charge is 2.06. The van der Waals surface area contributed by atoms with Crippen LogP contribution in [0.4, 0.5) is 4.39 Å². The molecule has 3 nitrogen and oxygen atoms in total. The number of nitrogens with two attached hydrogens (primary N) is 1. The van der Waals surface area contributed by atoms with E-state index in [2.05, 4.69) is 9.97 Å². The first kappa shape index (κ1) is 11.7. The smallest absolute Gasteiger partial charge is 0.133 e. The Labute approximate surface area is 99.5 Å². The van der Waals surface area contributed by atoms with Crippen molar-refractivity contribution in [1.82, 2.24) is 9.97 Å². The van der Waals surface area contributed by atoms with Crippen LogP contribution in [-0.2, 0) is 13.0 Å². The Kier molecular flexibility index (Phi) is 3.44. The monoisotopic (exact) mass is 231 g/mol. The fraction of sp³-hybridized carbons (Fsp3) is 0.231. The standard InChI is InChI=1S/C13H14FN3/c1-9-6-11(8-15)17-13(16-9)7-10-4-2-3-5-12(10)14/h2-6H,7-8,15H2,1H3. The minimum atomic E-state index is -0.230. The second-order valence-corrected chi connectivity index (χ2v) is 3.89. The van der Waals surface area contributed by atoms with Crippen LogP contribution in [0.25, 0.3) is 0 Å². The maximum absolute atomic E-state index is 13.5. The van der Waals surface area contributed by atoms with Crippen molar-refractivity contribution in [2.75, 3.05) is 0 Å². The van der Waals surface area contributed by atoms with Crippen LogP contribution < -0.4 is 5.73 Å². The van der Waals surface area contributed by atoms with Crippen molar-refractivity contribution in [2.24, 2.45) is 5.73 Å². The molecular formula is C13H14FN3. The van der Waals surface area contributed by atoms with Crippen LogP contribution in [0.2, 0.25) is 0 Å². The van der Waals surface area contributed by atoms with Gasteiger partial charge in [-0.3, -0.25) is 0 Å². The van der Waals surface area contributed by atoms with Gasteiger partial charge in [-0.1, -0.05) is 18.2 Å². The molecule has 2 rings (SSSR count). The SMILES string of the molecule is Cc1cc(CN)nc(Cc2ccccc2F)n1. The highest BCUT2D eigenvalue weighted by atomic mass is 19.1. The van der Waals surface area contributed by atoms with Crippen LogP contribution in [-0.4, -0.2) is 9.97 Å². The molecule has 0 unspecified atom stereocenters. The van der Waals surface area contributed by atoms with Crippen LogP contribution in [0.3, 0.4) is 0 Å². The number of benzene rings is 1. The van der Waals surface area contributed by atoms with Gasteiger partial charge >= 0.3 is 0 Å². The average Bonchev–Trinajstić information content (AvgIpc) is 2.31. The molecular weight excluding hydrogens is 217 g/mol. The molecule has 88 valence electrons. The van der Waals surface area contributed by atoms with E-state index < -0.39 is 0 Å². The average molecular weight is 231 g/mol. The predicted octanol–water partition coefficient (Wildman–Crippen LogP) is 1.97. The van der Waals surface area contributed by atoms with Crippen LogP contribution in [0, 0.1) is 12.7 Å². The van der Waals surface area contributed by atoms with E-state index in [0.29, 0.717) is 24.4 Å². The molecule has 0 aliphatic heterocycles. The summed E-state index contributed by atoms with van der Waals surface area (Å²) in [5.74, 6) is 0.377. The quantitative estimate of drug-likeness (QED) is 0.878. The topological polar surface area (TPSA) is 51.8 Å². The number of nitrogens with zero attached hydrogens (tertiary/aromatic N) is 2. The predicted molar refractivity (Wildman–Crippen MR) is 63.9 cm³/mol. The zero-order valence-corrected chi connectivity index (χ0v) is 9.65. The van der Waals surface area contributed by atoms with E-state index in [4.69, 9.17) is 5.73 Å². The largest absolute Gasteiger partial charge is 0.325 e. The van der Waals surface area contributed by atoms with Gasteiger partial charge in [0.1, 0.15) is 11.6 Å². The highest BCUT2D eigenvalue weighted by Crippen LogP contribution is 2.11. The molecule has 2 aromatic rings. The van der Waals surface area contributed by atoms with Crippen LogP contribution in [0.15, 0.2) is 30.3 Å². The van der Waals surface area contributed by atoms with Gasteiger partial charge in [0.05, 0.1) is 5.69 Å². The van der Waals surface area contributed by atoms with Crippen molar-refractivity contribution in [3.05, 3.63) is 58.9 Å². The molecule has 0 aliphatic carbocycles. The molecule has 0 fully saturated rings. The Bertz CT molecular complexity index is 526. The molecule has 0 saturated carbocycles. The highest BCUT2D eigenvalue weighted by molar-refractivity contribution is 5.22. The summed E-state index contributed by atoms with van der Waals surface area (Å²) in [4.78, 5) is 8.57. The maximum Gasteiger partial charge on any atom is 0.133 e. The van der Waals surface area contributed by atoms with Crippen LogP contribution in [0.5, 0.6) is 0 Å². The Balaban J connectivity index is 2.30. The van der Waals surface area contributed by atoms with Gasteiger partial charge in [0.15, 0.2) is 0 Å². The Morgan fingerprint density at radius 3 is 2.71 bits per heavy atom. The van der Waals surface area contributed by atoms with Gasteiger partial charge in [-0.25, -0.2) is 14.4 Å². The Morgan fingerprint density at radius 1 is 1.24 bits per heavy atom. The van der Waals surface area contributed by atoms with E-state index in [0.717, 1.165) is 11.4 Å². The molecule has 0 spiro atoms.